The molecule has 27 heavy (non-hydrogen) atoms. The second-order valence-corrected chi connectivity index (χ2v) is 8.57. The summed E-state index contributed by atoms with van der Waals surface area (Å²) in [5.41, 5.74) is -1.74. The number of carbonyl (C=O) groups is 1. The van der Waals surface area contributed by atoms with Gasteiger partial charge in [-0.2, -0.15) is 13.2 Å². The molecule has 0 amide bonds. The molecule has 1 unspecified atom stereocenters. The van der Waals surface area contributed by atoms with Crippen LogP contribution < -0.4 is 4.31 Å². The smallest absolute Gasteiger partial charge is 0.416 e. The van der Waals surface area contributed by atoms with Crippen LogP contribution in [0.25, 0.3) is 0 Å². The van der Waals surface area contributed by atoms with Crippen molar-refractivity contribution in [1.29, 1.82) is 0 Å². The lowest BCUT2D eigenvalue weighted by molar-refractivity contribution is -0.138. The van der Waals surface area contributed by atoms with Gasteiger partial charge in [0.1, 0.15) is 6.04 Å². The first-order chi connectivity index (χ1) is 12.4. The van der Waals surface area contributed by atoms with Gasteiger partial charge in [-0.3, -0.25) is 4.31 Å². The van der Waals surface area contributed by atoms with Gasteiger partial charge in [-0.05, 0) is 49.4 Å². The van der Waals surface area contributed by atoms with Gasteiger partial charge in [0.25, 0.3) is 10.0 Å². The van der Waals surface area contributed by atoms with Gasteiger partial charge in [-0.15, -0.1) is 0 Å². The van der Waals surface area contributed by atoms with Gasteiger partial charge in [0.15, 0.2) is 0 Å². The Morgan fingerprint density at radius 2 is 1.74 bits per heavy atom. The van der Waals surface area contributed by atoms with Crippen LogP contribution in [-0.2, 0) is 21.0 Å². The maximum Gasteiger partial charge on any atom is 0.416 e. The number of carboxylic acid groups (broad SMARTS) is 1. The molecule has 146 valence electrons. The minimum absolute atomic E-state index is 0.299. The summed E-state index contributed by atoms with van der Waals surface area (Å²) in [6.07, 6.45) is -4.77. The summed E-state index contributed by atoms with van der Waals surface area (Å²) in [6, 6.07) is 5.57. The Morgan fingerprint density at radius 3 is 2.22 bits per heavy atom. The molecule has 0 aliphatic rings. The standard InChI is InChI=1S/C16H12BrClF3NO4S/c1-9(15(23)24)22(27(25,26)12-5-3-11(17)4-6-12)14-8-10(16(19,20)21)2-7-13(14)18/h2-9H,1H3,(H,23,24). The Bertz CT molecular complexity index is 965. The molecule has 0 saturated carbocycles. The summed E-state index contributed by atoms with van der Waals surface area (Å²) in [4.78, 5) is 11.2. The molecule has 2 aromatic rings. The molecule has 0 spiro atoms. The molecular formula is C16H12BrClF3NO4S. The first-order valence-electron chi connectivity index (χ1n) is 7.25. The monoisotopic (exact) mass is 485 g/mol. The summed E-state index contributed by atoms with van der Waals surface area (Å²) in [5.74, 6) is -1.55. The van der Waals surface area contributed by atoms with Crippen molar-refractivity contribution >= 4 is 49.2 Å². The topological polar surface area (TPSA) is 74.7 Å². The first kappa shape index (κ1) is 21.5. The van der Waals surface area contributed by atoms with Crippen LogP contribution in [0.2, 0.25) is 5.02 Å². The third-order valence-corrected chi connectivity index (χ3v) is 6.34. The number of alkyl halides is 3. The Kier molecular flexibility index (Phi) is 6.13. The highest BCUT2D eigenvalue weighted by atomic mass is 79.9. The van der Waals surface area contributed by atoms with Crippen LogP contribution in [0.1, 0.15) is 12.5 Å². The van der Waals surface area contributed by atoms with Crippen molar-refractivity contribution in [3.05, 3.63) is 57.5 Å². The van der Waals surface area contributed by atoms with Crippen molar-refractivity contribution < 1.29 is 31.5 Å². The van der Waals surface area contributed by atoms with Crippen LogP contribution in [0.3, 0.4) is 0 Å². The second kappa shape index (κ2) is 7.69. The van der Waals surface area contributed by atoms with Crippen molar-refractivity contribution in [3.8, 4) is 0 Å². The van der Waals surface area contributed by atoms with Crippen molar-refractivity contribution in [2.75, 3.05) is 4.31 Å². The third kappa shape index (κ3) is 4.56. The summed E-state index contributed by atoms with van der Waals surface area (Å²) in [6.45, 7) is 1.04. The van der Waals surface area contributed by atoms with E-state index in [1.165, 1.54) is 24.3 Å². The zero-order valence-corrected chi connectivity index (χ0v) is 16.7. The lowest BCUT2D eigenvalue weighted by atomic mass is 10.2. The molecule has 2 aromatic carbocycles. The van der Waals surface area contributed by atoms with Crippen molar-refractivity contribution in [3.63, 3.8) is 0 Å². The molecule has 0 radical (unpaired) electrons. The largest absolute Gasteiger partial charge is 0.480 e. The summed E-state index contributed by atoms with van der Waals surface area (Å²) >= 11 is 9.08. The number of hydrogen-bond donors (Lipinski definition) is 1. The molecule has 11 heteroatoms. The van der Waals surface area contributed by atoms with E-state index in [-0.39, 0.29) is 9.92 Å². The number of nitrogens with zero attached hydrogens (tertiary/aromatic N) is 1. The molecule has 0 bridgehead atoms. The molecule has 0 heterocycles. The fourth-order valence-corrected chi connectivity index (χ4v) is 4.37. The van der Waals surface area contributed by atoms with Crippen LogP contribution in [0.5, 0.6) is 0 Å². The van der Waals surface area contributed by atoms with Gasteiger partial charge >= 0.3 is 12.1 Å². The van der Waals surface area contributed by atoms with E-state index >= 15 is 0 Å². The highest BCUT2D eigenvalue weighted by Gasteiger charge is 2.37. The van der Waals surface area contributed by atoms with Crippen LogP contribution in [-0.4, -0.2) is 25.5 Å². The number of sulfonamides is 1. The van der Waals surface area contributed by atoms with E-state index in [2.05, 4.69) is 15.9 Å². The van der Waals surface area contributed by atoms with E-state index in [1.54, 1.807) is 0 Å². The predicted molar refractivity (Wildman–Crippen MR) is 97.4 cm³/mol. The third-order valence-electron chi connectivity index (χ3n) is 3.59. The van der Waals surface area contributed by atoms with Crippen molar-refractivity contribution in [1.82, 2.24) is 0 Å². The molecular weight excluding hydrogens is 475 g/mol. The van der Waals surface area contributed by atoms with E-state index < -0.39 is 39.5 Å². The van der Waals surface area contributed by atoms with E-state index in [0.29, 0.717) is 20.9 Å². The molecule has 0 saturated heterocycles. The normalized spacial score (nSPS) is 13.3. The van der Waals surface area contributed by atoms with E-state index in [0.717, 1.165) is 13.0 Å². The number of rotatable bonds is 5. The zero-order chi connectivity index (χ0) is 20.6. The van der Waals surface area contributed by atoms with E-state index in [1.807, 2.05) is 0 Å². The van der Waals surface area contributed by atoms with Crippen LogP contribution in [0.15, 0.2) is 51.8 Å². The summed E-state index contributed by atoms with van der Waals surface area (Å²) in [7, 11) is -4.52. The Hall–Kier alpha value is -1.78. The Balaban J connectivity index is 2.73. The number of benzene rings is 2. The minimum Gasteiger partial charge on any atom is -0.480 e. The molecule has 0 aliphatic heterocycles. The quantitative estimate of drug-likeness (QED) is 0.659. The van der Waals surface area contributed by atoms with E-state index in [4.69, 9.17) is 11.6 Å². The molecule has 1 N–H and O–H groups in total. The fourth-order valence-electron chi connectivity index (χ4n) is 2.22. The number of aliphatic carboxylic acids is 1. The maximum absolute atomic E-state index is 13.1. The van der Waals surface area contributed by atoms with Gasteiger partial charge < -0.3 is 5.11 Å². The molecule has 2 rings (SSSR count). The Labute approximate surface area is 166 Å². The van der Waals surface area contributed by atoms with Gasteiger partial charge in [0.2, 0.25) is 0 Å². The molecule has 0 aromatic heterocycles. The highest BCUT2D eigenvalue weighted by Crippen LogP contribution is 2.38. The maximum atomic E-state index is 13.1. The van der Waals surface area contributed by atoms with Gasteiger partial charge in [0, 0.05) is 4.47 Å². The predicted octanol–water partition coefficient (Wildman–Crippen LogP) is 4.79. The van der Waals surface area contributed by atoms with Crippen LogP contribution in [0, 0.1) is 0 Å². The zero-order valence-electron chi connectivity index (χ0n) is 13.5. The Morgan fingerprint density at radius 1 is 1.19 bits per heavy atom. The highest BCUT2D eigenvalue weighted by molar-refractivity contribution is 9.10. The average Bonchev–Trinajstić information content (AvgIpc) is 2.55. The number of anilines is 1. The summed E-state index contributed by atoms with van der Waals surface area (Å²) in [5, 5.41) is 8.97. The first-order valence-corrected chi connectivity index (χ1v) is 9.86. The van der Waals surface area contributed by atoms with Gasteiger partial charge in [-0.1, -0.05) is 27.5 Å². The lowest BCUT2D eigenvalue weighted by Gasteiger charge is -2.29. The number of halogens is 5. The second-order valence-electron chi connectivity index (χ2n) is 5.43. The van der Waals surface area contributed by atoms with Gasteiger partial charge in [0.05, 0.1) is 21.2 Å². The molecule has 5 nitrogen and oxygen atoms in total. The summed E-state index contributed by atoms with van der Waals surface area (Å²) < 4.78 is 66.1. The fraction of sp³-hybridized carbons (Fsp3) is 0.188. The van der Waals surface area contributed by atoms with Crippen molar-refractivity contribution in [2.45, 2.75) is 24.0 Å². The van der Waals surface area contributed by atoms with Crippen LogP contribution >= 0.6 is 27.5 Å². The molecule has 0 aliphatic carbocycles. The molecule has 0 fully saturated rings. The van der Waals surface area contributed by atoms with E-state index in [9.17, 15) is 31.5 Å². The number of hydrogen-bond acceptors (Lipinski definition) is 3. The average molecular weight is 487 g/mol. The lowest BCUT2D eigenvalue weighted by Crippen LogP contribution is -2.43. The minimum atomic E-state index is -4.77. The molecule has 1 atom stereocenters. The van der Waals surface area contributed by atoms with Gasteiger partial charge in [-0.25, -0.2) is 13.2 Å². The number of carboxylic acids is 1. The van der Waals surface area contributed by atoms with Crippen LogP contribution in [0.4, 0.5) is 18.9 Å². The SMILES string of the molecule is CC(C(=O)O)N(c1cc(C(F)(F)F)ccc1Cl)S(=O)(=O)c1ccc(Br)cc1. The van der Waals surface area contributed by atoms with Crippen molar-refractivity contribution in [2.24, 2.45) is 0 Å².